The first-order valence-corrected chi connectivity index (χ1v) is 5.96. The van der Waals surface area contributed by atoms with Crippen LogP contribution in [0.1, 0.15) is 25.5 Å². The molecule has 0 spiro atoms. The lowest BCUT2D eigenvalue weighted by atomic mass is 9.84. The van der Waals surface area contributed by atoms with Crippen molar-refractivity contribution in [2.75, 3.05) is 13.7 Å². The van der Waals surface area contributed by atoms with Gasteiger partial charge < -0.3 is 9.47 Å². The van der Waals surface area contributed by atoms with Crippen LogP contribution in [0.5, 0.6) is 0 Å². The Morgan fingerprint density at radius 2 is 1.94 bits per heavy atom. The number of hydrogen-bond acceptors (Lipinski definition) is 2. The monoisotopic (exact) mass is 232 g/mol. The van der Waals surface area contributed by atoms with Gasteiger partial charge in [-0.2, -0.15) is 0 Å². The third-order valence-electron chi connectivity index (χ3n) is 3.68. The zero-order valence-corrected chi connectivity index (χ0v) is 10.8. The van der Waals surface area contributed by atoms with Crippen LogP contribution >= 0.6 is 0 Å². The minimum absolute atomic E-state index is 0.00984. The lowest BCUT2D eigenvalue weighted by Crippen LogP contribution is -2.34. The summed E-state index contributed by atoms with van der Waals surface area (Å²) in [6.45, 7) is 9.05. The maximum atomic E-state index is 5.87. The molecule has 17 heavy (non-hydrogen) atoms. The number of methoxy groups -OCH3 is 1. The summed E-state index contributed by atoms with van der Waals surface area (Å²) in [5.74, 6) is 0.248. The summed E-state index contributed by atoms with van der Waals surface area (Å²) >= 11 is 0. The van der Waals surface area contributed by atoms with E-state index in [1.807, 2.05) is 18.2 Å². The van der Waals surface area contributed by atoms with Crippen molar-refractivity contribution in [3.8, 4) is 0 Å². The fourth-order valence-corrected chi connectivity index (χ4v) is 2.32. The van der Waals surface area contributed by atoms with Gasteiger partial charge in [0.05, 0.1) is 12.2 Å². The van der Waals surface area contributed by atoms with Gasteiger partial charge in [-0.15, -0.1) is 0 Å². The fraction of sp³-hybridized carbons (Fsp3) is 0.467. The molecule has 92 valence electrons. The van der Waals surface area contributed by atoms with E-state index in [1.165, 1.54) is 5.56 Å². The van der Waals surface area contributed by atoms with Crippen LogP contribution in [0.15, 0.2) is 42.5 Å². The van der Waals surface area contributed by atoms with Gasteiger partial charge in [0.1, 0.15) is 6.10 Å². The predicted molar refractivity (Wildman–Crippen MR) is 68.9 cm³/mol. The van der Waals surface area contributed by atoms with E-state index in [1.54, 1.807) is 7.11 Å². The second-order valence-corrected chi connectivity index (χ2v) is 5.06. The summed E-state index contributed by atoms with van der Waals surface area (Å²) in [5, 5.41) is 0. The molecule has 0 amide bonds. The van der Waals surface area contributed by atoms with Gasteiger partial charge in [-0.25, -0.2) is 0 Å². The molecule has 2 rings (SSSR count). The molecular formula is C15H20O2. The summed E-state index contributed by atoms with van der Waals surface area (Å²) in [6, 6.07) is 10.2. The highest BCUT2D eigenvalue weighted by Crippen LogP contribution is 2.42. The van der Waals surface area contributed by atoms with Gasteiger partial charge >= 0.3 is 0 Å². The van der Waals surface area contributed by atoms with Gasteiger partial charge in [0.15, 0.2) is 0 Å². The molecule has 1 saturated heterocycles. The Balaban J connectivity index is 2.19. The summed E-state index contributed by atoms with van der Waals surface area (Å²) in [6.07, 6.45) is 0.00984. The van der Waals surface area contributed by atoms with Crippen molar-refractivity contribution in [3.05, 3.63) is 48.0 Å². The molecule has 0 aliphatic carbocycles. The average molecular weight is 232 g/mol. The predicted octanol–water partition coefficient (Wildman–Crippen LogP) is 3.36. The number of ether oxygens (including phenoxy) is 2. The highest BCUT2D eigenvalue weighted by molar-refractivity contribution is 5.29. The zero-order valence-electron chi connectivity index (χ0n) is 10.8. The van der Waals surface area contributed by atoms with E-state index < -0.39 is 0 Å². The highest BCUT2D eigenvalue weighted by atomic mass is 16.5. The van der Waals surface area contributed by atoms with Crippen LogP contribution in [0.25, 0.3) is 0 Å². The molecule has 0 bridgehead atoms. The first kappa shape index (κ1) is 12.3. The molecular weight excluding hydrogens is 212 g/mol. The summed E-state index contributed by atoms with van der Waals surface area (Å²) in [7, 11) is 1.74. The molecule has 1 aliphatic rings. The first-order chi connectivity index (χ1) is 8.06. The zero-order chi connectivity index (χ0) is 12.5. The summed E-state index contributed by atoms with van der Waals surface area (Å²) < 4.78 is 11.4. The Labute approximate surface area is 103 Å². The lowest BCUT2D eigenvalue weighted by Gasteiger charge is -2.30. The topological polar surface area (TPSA) is 18.5 Å². The average Bonchev–Trinajstić information content (AvgIpc) is 2.73. The fourth-order valence-electron chi connectivity index (χ4n) is 2.32. The van der Waals surface area contributed by atoms with Crippen LogP contribution in [-0.2, 0) is 9.47 Å². The number of benzene rings is 1. The second kappa shape index (κ2) is 4.63. The van der Waals surface area contributed by atoms with E-state index in [2.05, 4.69) is 32.6 Å². The summed E-state index contributed by atoms with van der Waals surface area (Å²) in [4.78, 5) is 0. The van der Waals surface area contributed by atoms with Gasteiger partial charge in [0.2, 0.25) is 0 Å². The van der Waals surface area contributed by atoms with Crippen molar-refractivity contribution in [1.82, 2.24) is 0 Å². The molecule has 1 fully saturated rings. The van der Waals surface area contributed by atoms with Crippen molar-refractivity contribution in [1.29, 1.82) is 0 Å². The van der Waals surface area contributed by atoms with E-state index in [0.29, 0.717) is 6.61 Å². The van der Waals surface area contributed by atoms with Crippen molar-refractivity contribution in [3.63, 3.8) is 0 Å². The minimum atomic E-state index is -0.222. The molecule has 0 N–H and O–H groups in total. The maximum absolute atomic E-state index is 5.87. The van der Waals surface area contributed by atoms with Crippen LogP contribution in [0.3, 0.4) is 0 Å². The van der Waals surface area contributed by atoms with E-state index >= 15 is 0 Å². The van der Waals surface area contributed by atoms with Crippen LogP contribution in [0.2, 0.25) is 0 Å². The molecule has 0 aromatic heterocycles. The first-order valence-electron chi connectivity index (χ1n) is 5.96. The maximum Gasteiger partial charge on any atom is 0.104 e. The molecule has 1 aromatic rings. The SMILES string of the molecule is C=C1C(c2ccccc2)OCC1C(C)(C)OC. The third kappa shape index (κ3) is 2.28. The summed E-state index contributed by atoms with van der Waals surface area (Å²) in [5.41, 5.74) is 2.07. The standard InChI is InChI=1S/C15H20O2/c1-11-13(15(2,3)16-4)10-17-14(11)12-8-6-5-7-9-12/h5-9,13-14H,1,10H2,2-4H3. The van der Waals surface area contributed by atoms with Gasteiger partial charge in [0.25, 0.3) is 0 Å². The molecule has 0 radical (unpaired) electrons. The molecule has 2 heteroatoms. The molecule has 1 heterocycles. The van der Waals surface area contributed by atoms with Crippen molar-refractivity contribution in [2.24, 2.45) is 5.92 Å². The molecule has 1 aliphatic heterocycles. The third-order valence-corrected chi connectivity index (χ3v) is 3.68. The van der Waals surface area contributed by atoms with Crippen LogP contribution < -0.4 is 0 Å². The van der Waals surface area contributed by atoms with Crippen molar-refractivity contribution >= 4 is 0 Å². The van der Waals surface area contributed by atoms with Crippen LogP contribution in [0.4, 0.5) is 0 Å². The molecule has 2 atom stereocenters. The highest BCUT2D eigenvalue weighted by Gasteiger charge is 2.40. The Bertz CT molecular complexity index is 395. The minimum Gasteiger partial charge on any atom is -0.378 e. The smallest absolute Gasteiger partial charge is 0.104 e. The van der Waals surface area contributed by atoms with Crippen LogP contribution in [-0.4, -0.2) is 19.3 Å². The molecule has 2 nitrogen and oxygen atoms in total. The second-order valence-electron chi connectivity index (χ2n) is 5.06. The normalized spacial score (nSPS) is 25.2. The Morgan fingerprint density at radius 1 is 1.29 bits per heavy atom. The van der Waals surface area contributed by atoms with Crippen LogP contribution in [0, 0.1) is 5.92 Å². The van der Waals surface area contributed by atoms with Crippen molar-refractivity contribution in [2.45, 2.75) is 25.6 Å². The molecule has 0 saturated carbocycles. The van der Waals surface area contributed by atoms with Gasteiger partial charge in [-0.1, -0.05) is 36.9 Å². The largest absolute Gasteiger partial charge is 0.378 e. The van der Waals surface area contributed by atoms with Gasteiger partial charge in [0, 0.05) is 13.0 Å². The van der Waals surface area contributed by atoms with E-state index in [9.17, 15) is 0 Å². The van der Waals surface area contributed by atoms with E-state index in [-0.39, 0.29) is 17.6 Å². The lowest BCUT2D eigenvalue weighted by molar-refractivity contribution is -0.0242. The Hall–Kier alpha value is -1.12. The van der Waals surface area contributed by atoms with Gasteiger partial charge in [-0.3, -0.25) is 0 Å². The number of rotatable bonds is 3. The quantitative estimate of drug-likeness (QED) is 0.744. The Kier molecular flexibility index (Phi) is 3.36. The number of hydrogen-bond donors (Lipinski definition) is 0. The molecule has 1 aromatic carbocycles. The van der Waals surface area contributed by atoms with Gasteiger partial charge in [-0.05, 0) is 25.0 Å². The van der Waals surface area contributed by atoms with Crippen molar-refractivity contribution < 1.29 is 9.47 Å². The van der Waals surface area contributed by atoms with E-state index in [4.69, 9.17) is 9.47 Å². The Morgan fingerprint density at radius 3 is 2.53 bits per heavy atom. The molecule has 2 unspecified atom stereocenters. The van der Waals surface area contributed by atoms with E-state index in [0.717, 1.165) is 5.57 Å².